The van der Waals surface area contributed by atoms with Crippen LogP contribution < -0.4 is 51.4 Å². The summed E-state index contributed by atoms with van der Waals surface area (Å²) in [6, 6.07) is 0. The molecule has 0 N–H and O–H groups in total. The number of amides is 1. The van der Waals surface area contributed by atoms with Crippen molar-refractivity contribution in [3.8, 4) is 0 Å². The first-order chi connectivity index (χ1) is 4.02. The van der Waals surface area contributed by atoms with Crippen molar-refractivity contribution in [2.75, 3.05) is 6.54 Å². The van der Waals surface area contributed by atoms with E-state index in [2.05, 4.69) is 0 Å². The van der Waals surface area contributed by atoms with Gasteiger partial charge < -0.3 is 4.55 Å². The second-order valence-corrected chi connectivity index (χ2v) is 2.97. The SMILES string of the molecule is O=C1CCN1S(=O)(=O)[O-].[K+]. The Bertz CT molecular complexity index is 235. The number of carbonyl (C=O) groups is 1. The Kier molecular flexibility index (Phi) is 3.98. The number of rotatable bonds is 1. The van der Waals surface area contributed by atoms with Gasteiger partial charge in [0.15, 0.2) is 10.3 Å². The molecule has 0 bridgehead atoms. The first kappa shape index (κ1) is 11.0. The Labute approximate surface area is 101 Å². The maximum Gasteiger partial charge on any atom is 1.00 e. The second kappa shape index (κ2) is 3.61. The first-order valence-corrected chi connectivity index (χ1v) is 3.65. The minimum absolute atomic E-state index is 0. The van der Waals surface area contributed by atoms with Crippen molar-refractivity contribution in [1.82, 2.24) is 4.31 Å². The van der Waals surface area contributed by atoms with Crippen LogP contribution in [0.15, 0.2) is 0 Å². The van der Waals surface area contributed by atoms with Crippen LogP contribution in [0.2, 0.25) is 0 Å². The van der Waals surface area contributed by atoms with Gasteiger partial charge in [-0.25, -0.2) is 12.7 Å². The van der Waals surface area contributed by atoms with Crippen molar-refractivity contribution in [3.05, 3.63) is 0 Å². The molecule has 1 rings (SSSR count). The second-order valence-electron chi connectivity index (χ2n) is 1.67. The summed E-state index contributed by atoms with van der Waals surface area (Å²) >= 11 is 0. The third-order valence-electron chi connectivity index (χ3n) is 1.08. The molecule has 0 radical (unpaired) electrons. The molecule has 0 aliphatic carbocycles. The minimum atomic E-state index is -4.48. The molecule has 0 atom stereocenters. The molecule has 5 nitrogen and oxygen atoms in total. The van der Waals surface area contributed by atoms with E-state index in [-0.39, 0.29) is 64.4 Å². The van der Waals surface area contributed by atoms with Gasteiger partial charge >= 0.3 is 51.4 Å². The summed E-state index contributed by atoms with van der Waals surface area (Å²) in [4.78, 5) is 10.2. The van der Waals surface area contributed by atoms with Crippen LogP contribution in [0.5, 0.6) is 0 Å². The molecule has 1 aliphatic rings. The smallest absolute Gasteiger partial charge is 0.731 e. The molecule has 0 unspecified atom stereocenters. The zero-order chi connectivity index (χ0) is 7.07. The van der Waals surface area contributed by atoms with Gasteiger partial charge in [-0.05, 0) is 0 Å². The van der Waals surface area contributed by atoms with Gasteiger partial charge in [0.25, 0.3) is 0 Å². The van der Waals surface area contributed by atoms with Crippen molar-refractivity contribution >= 4 is 16.2 Å². The van der Waals surface area contributed by atoms with Gasteiger partial charge in [0.2, 0.25) is 5.91 Å². The van der Waals surface area contributed by atoms with E-state index in [0.29, 0.717) is 4.31 Å². The fraction of sp³-hybridized carbons (Fsp3) is 0.667. The molecule has 1 aliphatic heterocycles. The molecule has 0 spiro atoms. The normalized spacial score (nSPS) is 17.7. The van der Waals surface area contributed by atoms with Crippen LogP contribution in [-0.2, 0) is 15.1 Å². The van der Waals surface area contributed by atoms with Crippen LogP contribution in [0.25, 0.3) is 0 Å². The Morgan fingerprint density at radius 2 is 2.00 bits per heavy atom. The van der Waals surface area contributed by atoms with Gasteiger partial charge in [0.05, 0.1) is 0 Å². The molecule has 0 aromatic rings. The van der Waals surface area contributed by atoms with Gasteiger partial charge in [-0.1, -0.05) is 0 Å². The van der Waals surface area contributed by atoms with E-state index < -0.39 is 16.2 Å². The monoisotopic (exact) mass is 189 g/mol. The summed E-state index contributed by atoms with van der Waals surface area (Å²) in [6.07, 6.45) is 0.168. The van der Waals surface area contributed by atoms with E-state index in [1.165, 1.54) is 0 Å². The molecule has 52 valence electrons. The topological polar surface area (TPSA) is 77.5 Å². The van der Waals surface area contributed by atoms with Gasteiger partial charge in [0, 0.05) is 13.0 Å². The molecule has 1 heterocycles. The van der Waals surface area contributed by atoms with E-state index in [1.54, 1.807) is 0 Å². The van der Waals surface area contributed by atoms with Crippen molar-refractivity contribution in [1.29, 1.82) is 0 Å². The van der Waals surface area contributed by atoms with Crippen LogP contribution in [-0.4, -0.2) is 29.7 Å². The fourth-order valence-corrected chi connectivity index (χ4v) is 1.19. The van der Waals surface area contributed by atoms with Crippen LogP contribution >= 0.6 is 0 Å². The van der Waals surface area contributed by atoms with E-state index in [0.717, 1.165) is 0 Å². The molecule has 0 saturated carbocycles. The Morgan fingerprint density at radius 3 is 2.00 bits per heavy atom. The van der Waals surface area contributed by atoms with E-state index in [1.807, 2.05) is 0 Å². The quantitative estimate of drug-likeness (QED) is 0.237. The zero-order valence-electron chi connectivity index (χ0n) is 5.40. The predicted molar refractivity (Wildman–Crippen MR) is 26.0 cm³/mol. The van der Waals surface area contributed by atoms with E-state index in [4.69, 9.17) is 0 Å². The van der Waals surface area contributed by atoms with Gasteiger partial charge in [-0.2, -0.15) is 0 Å². The predicted octanol–water partition coefficient (Wildman–Crippen LogP) is -4.32. The van der Waals surface area contributed by atoms with Crippen LogP contribution in [0, 0.1) is 0 Å². The molecule has 1 amide bonds. The molecule has 10 heavy (non-hydrogen) atoms. The Balaban J connectivity index is 0.000000810. The summed E-state index contributed by atoms with van der Waals surface area (Å²) in [5, 5.41) is 0. The summed E-state index contributed by atoms with van der Waals surface area (Å²) < 4.78 is 30.2. The van der Waals surface area contributed by atoms with Crippen LogP contribution in [0.4, 0.5) is 0 Å². The van der Waals surface area contributed by atoms with E-state index >= 15 is 0 Å². The zero-order valence-corrected chi connectivity index (χ0v) is 9.34. The molecule has 0 aromatic heterocycles. The van der Waals surface area contributed by atoms with Gasteiger partial charge in [-0.15, -0.1) is 0 Å². The summed E-state index contributed by atoms with van der Waals surface area (Å²) in [5.41, 5.74) is 0. The van der Waals surface area contributed by atoms with Crippen molar-refractivity contribution in [3.63, 3.8) is 0 Å². The largest absolute Gasteiger partial charge is 1.00 e. The summed E-state index contributed by atoms with van der Waals surface area (Å²) in [7, 11) is -4.48. The number of carbonyl (C=O) groups excluding carboxylic acids is 1. The van der Waals surface area contributed by atoms with Crippen LogP contribution in [0.1, 0.15) is 6.42 Å². The van der Waals surface area contributed by atoms with Gasteiger partial charge in [-0.3, -0.25) is 4.79 Å². The van der Waals surface area contributed by atoms with Gasteiger partial charge in [0.1, 0.15) is 0 Å². The minimum Gasteiger partial charge on any atom is -0.731 e. The summed E-state index contributed by atoms with van der Waals surface area (Å²) in [5.74, 6) is -0.606. The van der Waals surface area contributed by atoms with Crippen molar-refractivity contribution in [2.45, 2.75) is 6.42 Å². The third-order valence-corrected chi connectivity index (χ3v) is 2.00. The average molecular weight is 189 g/mol. The Morgan fingerprint density at radius 1 is 1.50 bits per heavy atom. The molecular weight excluding hydrogens is 185 g/mol. The number of hydrogen-bond acceptors (Lipinski definition) is 4. The molecule has 1 fully saturated rings. The average Bonchev–Trinajstić information content (AvgIpc) is 1.57. The molecule has 7 heteroatoms. The maximum atomic E-state index is 10.2. The van der Waals surface area contributed by atoms with Crippen molar-refractivity contribution in [2.24, 2.45) is 0 Å². The fourth-order valence-electron chi connectivity index (χ4n) is 0.531. The maximum absolute atomic E-state index is 10.2. The van der Waals surface area contributed by atoms with E-state index in [9.17, 15) is 17.8 Å². The summed E-state index contributed by atoms with van der Waals surface area (Å²) in [6.45, 7) is 0.0463. The Hall–Kier alpha value is 1.02. The number of β-lactam (4-membered cyclic amide) rings is 1. The number of nitrogens with zero attached hydrogens (tertiary/aromatic N) is 1. The molecule has 0 aromatic carbocycles. The first-order valence-electron chi connectivity index (χ1n) is 2.28. The third kappa shape index (κ3) is 2.26. The standard InChI is InChI=1S/C3H5NO4S.K/c5-3-1-2-4(3)9(6,7)8;/h1-2H2,(H,6,7,8);/q;+1/p-1. The number of hydrogen-bond donors (Lipinski definition) is 0. The molecular formula is C3H4KNO4S. The van der Waals surface area contributed by atoms with Crippen molar-refractivity contribution < 1.29 is 69.1 Å². The van der Waals surface area contributed by atoms with Crippen LogP contribution in [0.3, 0.4) is 0 Å². The molecule has 1 saturated heterocycles.